The lowest BCUT2D eigenvalue weighted by Crippen LogP contribution is -2.15. The van der Waals surface area contributed by atoms with Crippen molar-refractivity contribution in [3.05, 3.63) is 40.3 Å². The Balaban J connectivity index is 2.38. The van der Waals surface area contributed by atoms with Gasteiger partial charge in [-0.3, -0.25) is 4.72 Å². The summed E-state index contributed by atoms with van der Waals surface area (Å²) in [6, 6.07) is 5.26. The maximum atomic E-state index is 13.7. The predicted octanol–water partition coefficient (Wildman–Crippen LogP) is 2.16. The molecule has 1 aromatic heterocycles. The molecule has 3 N–H and O–H groups in total. The van der Waals surface area contributed by atoms with Gasteiger partial charge in [0.25, 0.3) is 10.0 Å². The van der Waals surface area contributed by atoms with Crippen molar-refractivity contribution in [2.24, 2.45) is 5.73 Å². The summed E-state index contributed by atoms with van der Waals surface area (Å²) >= 11 is 1.24. The number of nitrogens with one attached hydrogen (secondary N) is 1. The summed E-state index contributed by atoms with van der Waals surface area (Å²) in [5.74, 6) is -0.327. The molecular weight excluding hydrogens is 303 g/mol. The molecule has 5 nitrogen and oxygen atoms in total. The summed E-state index contributed by atoms with van der Waals surface area (Å²) in [5, 5.41) is 1.62. The molecule has 108 valence electrons. The fourth-order valence-corrected chi connectivity index (χ4v) is 4.02. The zero-order valence-electron chi connectivity index (χ0n) is 10.6. The molecular formula is C12H13FN2O3S2. The molecule has 0 aliphatic rings. The van der Waals surface area contributed by atoms with Crippen molar-refractivity contribution < 1.29 is 17.5 Å². The van der Waals surface area contributed by atoms with Gasteiger partial charge in [0, 0.05) is 17.5 Å². The Morgan fingerprint density at radius 3 is 2.80 bits per heavy atom. The summed E-state index contributed by atoms with van der Waals surface area (Å²) in [6.07, 6.45) is 0. The Kier molecular flexibility index (Phi) is 4.26. The van der Waals surface area contributed by atoms with Gasteiger partial charge in [-0.15, -0.1) is 11.3 Å². The molecule has 0 bridgehead atoms. The molecule has 0 unspecified atom stereocenters. The van der Waals surface area contributed by atoms with Gasteiger partial charge >= 0.3 is 0 Å². The number of anilines is 1. The molecule has 8 heteroatoms. The summed E-state index contributed by atoms with van der Waals surface area (Å²) in [7, 11) is -2.46. The highest BCUT2D eigenvalue weighted by molar-refractivity contribution is 7.93. The van der Waals surface area contributed by atoms with Crippen LogP contribution in [0.15, 0.2) is 34.5 Å². The van der Waals surface area contributed by atoms with E-state index < -0.39 is 15.8 Å². The van der Waals surface area contributed by atoms with Crippen molar-refractivity contribution in [1.29, 1.82) is 0 Å². The number of hydrogen-bond acceptors (Lipinski definition) is 5. The lowest BCUT2D eigenvalue weighted by Gasteiger charge is -2.10. The van der Waals surface area contributed by atoms with Gasteiger partial charge in [0.15, 0.2) is 0 Å². The quantitative estimate of drug-likeness (QED) is 0.885. The minimum Gasteiger partial charge on any atom is -0.497 e. The second-order valence-electron chi connectivity index (χ2n) is 3.86. The van der Waals surface area contributed by atoms with E-state index in [9.17, 15) is 12.8 Å². The van der Waals surface area contributed by atoms with Crippen LogP contribution >= 0.6 is 11.3 Å². The first-order valence-electron chi connectivity index (χ1n) is 5.60. The molecule has 0 spiro atoms. The Hall–Kier alpha value is -1.64. The highest BCUT2D eigenvalue weighted by Gasteiger charge is 2.20. The van der Waals surface area contributed by atoms with Crippen molar-refractivity contribution in [2.45, 2.75) is 11.4 Å². The molecule has 0 saturated carbocycles. The number of thiophene rings is 1. The van der Waals surface area contributed by atoms with Gasteiger partial charge in [-0.25, -0.2) is 12.8 Å². The third-order valence-corrected chi connectivity index (χ3v) is 5.12. The minimum atomic E-state index is -3.88. The first kappa shape index (κ1) is 14.8. The van der Waals surface area contributed by atoms with Crippen molar-refractivity contribution in [2.75, 3.05) is 11.8 Å². The first-order valence-corrected chi connectivity index (χ1v) is 7.97. The fraction of sp³-hybridized carbons (Fsp3) is 0.167. The summed E-state index contributed by atoms with van der Waals surface area (Å²) in [4.78, 5) is 0.577. The number of benzene rings is 1. The molecule has 0 radical (unpaired) electrons. The van der Waals surface area contributed by atoms with Crippen LogP contribution in [0.5, 0.6) is 5.75 Å². The van der Waals surface area contributed by atoms with Crippen molar-refractivity contribution in [3.8, 4) is 5.75 Å². The summed E-state index contributed by atoms with van der Waals surface area (Å²) < 4.78 is 45.3. The first-order chi connectivity index (χ1) is 9.47. The van der Waals surface area contributed by atoms with Crippen LogP contribution in [-0.2, 0) is 16.6 Å². The maximum absolute atomic E-state index is 13.7. The molecule has 0 aliphatic heterocycles. The molecule has 1 heterocycles. The third-order valence-electron chi connectivity index (χ3n) is 2.60. The molecule has 0 atom stereocenters. The van der Waals surface area contributed by atoms with E-state index in [2.05, 4.69) is 4.72 Å². The van der Waals surface area contributed by atoms with Crippen LogP contribution in [0, 0.1) is 5.82 Å². The maximum Gasteiger partial charge on any atom is 0.263 e. The van der Waals surface area contributed by atoms with Crippen molar-refractivity contribution >= 4 is 27.0 Å². The van der Waals surface area contributed by atoms with E-state index >= 15 is 0 Å². The van der Waals surface area contributed by atoms with E-state index in [1.807, 2.05) is 0 Å². The van der Waals surface area contributed by atoms with Crippen LogP contribution in [0.2, 0.25) is 0 Å². The monoisotopic (exact) mass is 316 g/mol. The minimum absolute atomic E-state index is 0.0622. The lowest BCUT2D eigenvalue weighted by molar-refractivity contribution is 0.414. The second kappa shape index (κ2) is 5.78. The highest BCUT2D eigenvalue weighted by Crippen LogP contribution is 2.27. The van der Waals surface area contributed by atoms with Gasteiger partial charge < -0.3 is 10.5 Å². The van der Waals surface area contributed by atoms with E-state index in [0.29, 0.717) is 10.6 Å². The second-order valence-corrected chi connectivity index (χ2v) is 6.51. The van der Waals surface area contributed by atoms with Gasteiger partial charge in [-0.1, -0.05) is 0 Å². The Labute approximate surface area is 120 Å². The number of hydrogen-bond donors (Lipinski definition) is 2. The van der Waals surface area contributed by atoms with Gasteiger partial charge in [0.2, 0.25) is 0 Å². The molecule has 1 aromatic carbocycles. The van der Waals surface area contributed by atoms with Gasteiger partial charge in [0.05, 0.1) is 12.8 Å². The van der Waals surface area contributed by atoms with Crippen LogP contribution in [0.3, 0.4) is 0 Å². The van der Waals surface area contributed by atoms with Crippen LogP contribution in [0.4, 0.5) is 10.1 Å². The van der Waals surface area contributed by atoms with E-state index in [4.69, 9.17) is 10.5 Å². The van der Waals surface area contributed by atoms with E-state index in [0.717, 1.165) is 6.07 Å². The fourth-order valence-electron chi connectivity index (χ4n) is 1.63. The average Bonchev–Trinajstić information content (AvgIpc) is 2.90. The molecule has 0 amide bonds. The molecule has 2 aromatic rings. The normalized spacial score (nSPS) is 11.3. The SMILES string of the molecule is COc1ccc(F)c(NS(=O)(=O)c2ccsc2CN)c1. The topological polar surface area (TPSA) is 81.4 Å². The summed E-state index contributed by atoms with van der Waals surface area (Å²) in [6.45, 7) is 0.106. The standard InChI is InChI=1S/C12H13FN2O3S2/c1-18-8-2-3-9(13)10(6-8)15-20(16,17)12-4-5-19-11(12)7-14/h2-6,15H,7,14H2,1H3. The van der Waals surface area contributed by atoms with Crippen LogP contribution in [-0.4, -0.2) is 15.5 Å². The number of methoxy groups -OCH3 is 1. The van der Waals surface area contributed by atoms with Crippen LogP contribution in [0.1, 0.15) is 4.88 Å². The third kappa shape index (κ3) is 2.92. The lowest BCUT2D eigenvalue weighted by atomic mass is 10.3. The van der Waals surface area contributed by atoms with Crippen molar-refractivity contribution in [3.63, 3.8) is 0 Å². The van der Waals surface area contributed by atoms with Gasteiger partial charge in [-0.05, 0) is 23.6 Å². The molecule has 0 fully saturated rings. The Bertz CT molecular complexity index is 713. The number of nitrogens with two attached hydrogens (primary N) is 1. The Morgan fingerprint density at radius 2 is 2.15 bits per heavy atom. The average molecular weight is 316 g/mol. The number of halogens is 1. The largest absolute Gasteiger partial charge is 0.497 e. The number of sulfonamides is 1. The van der Waals surface area contributed by atoms with E-state index in [-0.39, 0.29) is 17.1 Å². The van der Waals surface area contributed by atoms with E-state index in [1.54, 1.807) is 5.38 Å². The molecule has 0 saturated heterocycles. The highest BCUT2D eigenvalue weighted by atomic mass is 32.2. The smallest absolute Gasteiger partial charge is 0.263 e. The zero-order chi connectivity index (χ0) is 14.8. The zero-order valence-corrected chi connectivity index (χ0v) is 12.2. The van der Waals surface area contributed by atoms with Gasteiger partial charge in [0.1, 0.15) is 16.5 Å². The van der Waals surface area contributed by atoms with E-state index in [1.165, 1.54) is 36.6 Å². The van der Waals surface area contributed by atoms with Crippen molar-refractivity contribution in [1.82, 2.24) is 0 Å². The van der Waals surface area contributed by atoms with Crippen LogP contribution in [0.25, 0.3) is 0 Å². The Morgan fingerprint density at radius 1 is 1.40 bits per heavy atom. The number of rotatable bonds is 5. The predicted molar refractivity (Wildman–Crippen MR) is 76.0 cm³/mol. The molecule has 0 aliphatic carbocycles. The number of ether oxygens (including phenoxy) is 1. The molecule has 20 heavy (non-hydrogen) atoms. The van der Waals surface area contributed by atoms with Gasteiger partial charge in [-0.2, -0.15) is 0 Å². The van der Waals surface area contributed by atoms with Crippen LogP contribution < -0.4 is 15.2 Å². The molecule has 2 rings (SSSR count). The summed E-state index contributed by atoms with van der Waals surface area (Å²) in [5.41, 5.74) is 5.32.